The Kier molecular flexibility index (Phi) is 2.94. The van der Waals surface area contributed by atoms with Crippen LogP contribution in [0.15, 0.2) is 36.4 Å². The first-order chi connectivity index (χ1) is 11.0. The van der Waals surface area contributed by atoms with Crippen LogP contribution in [0.2, 0.25) is 0 Å². The van der Waals surface area contributed by atoms with Crippen LogP contribution in [0, 0.1) is 5.92 Å². The maximum absolute atomic E-state index is 12.4. The molecule has 0 spiro atoms. The van der Waals surface area contributed by atoms with Crippen molar-refractivity contribution in [2.45, 2.75) is 19.3 Å². The van der Waals surface area contributed by atoms with Gasteiger partial charge in [-0.25, -0.2) is 0 Å². The van der Waals surface area contributed by atoms with Crippen LogP contribution in [0.25, 0.3) is 0 Å². The Balaban J connectivity index is 1.81. The lowest BCUT2D eigenvalue weighted by Gasteiger charge is -2.25. The van der Waals surface area contributed by atoms with E-state index < -0.39 is 23.5 Å². The molecule has 0 heterocycles. The lowest BCUT2D eigenvalue weighted by Crippen LogP contribution is -2.37. The highest BCUT2D eigenvalue weighted by Gasteiger charge is 2.40. The molecule has 2 aromatic carbocycles. The van der Waals surface area contributed by atoms with Gasteiger partial charge >= 0.3 is 5.97 Å². The summed E-state index contributed by atoms with van der Waals surface area (Å²) in [7, 11) is 0. The Bertz CT molecular complexity index is 879. The molecule has 4 rings (SSSR count). The van der Waals surface area contributed by atoms with Crippen LogP contribution in [-0.4, -0.2) is 22.6 Å². The van der Waals surface area contributed by atoms with Crippen LogP contribution >= 0.6 is 0 Å². The molecule has 2 aromatic rings. The fourth-order valence-electron chi connectivity index (χ4n) is 3.60. The summed E-state index contributed by atoms with van der Waals surface area (Å²) in [5.41, 5.74) is 5.72. The third kappa shape index (κ3) is 2.10. The number of hydrogen-bond donors (Lipinski definition) is 1. The van der Waals surface area contributed by atoms with Gasteiger partial charge in [-0.15, -0.1) is 0 Å². The average molecular weight is 306 g/mol. The molecule has 0 amide bonds. The van der Waals surface area contributed by atoms with E-state index in [9.17, 15) is 14.4 Å². The normalized spacial score (nSPS) is 18.9. The molecule has 4 nitrogen and oxygen atoms in total. The van der Waals surface area contributed by atoms with Crippen LogP contribution in [0.5, 0.6) is 0 Å². The zero-order valence-electron chi connectivity index (χ0n) is 12.3. The van der Waals surface area contributed by atoms with Crippen LogP contribution in [-0.2, 0) is 28.9 Å². The van der Waals surface area contributed by atoms with E-state index in [1.165, 1.54) is 11.1 Å². The predicted molar refractivity (Wildman–Crippen MR) is 82.7 cm³/mol. The number of benzene rings is 2. The summed E-state index contributed by atoms with van der Waals surface area (Å²) in [4.78, 5) is 35.6. The number of Topliss-reactive ketones (excluding diaryl/α,β-unsaturated/α-hetero) is 2. The monoisotopic (exact) mass is 306 g/mol. The van der Waals surface area contributed by atoms with E-state index in [0.29, 0.717) is 11.1 Å². The number of rotatable bonds is 1. The fraction of sp³-hybridized carbons (Fsp3) is 0.211. The Morgan fingerprint density at radius 1 is 0.870 bits per heavy atom. The van der Waals surface area contributed by atoms with E-state index in [2.05, 4.69) is 12.1 Å². The van der Waals surface area contributed by atoms with E-state index in [1.54, 1.807) is 6.07 Å². The Labute approximate surface area is 132 Å². The van der Waals surface area contributed by atoms with Gasteiger partial charge in [-0.1, -0.05) is 30.3 Å². The molecule has 0 aromatic heterocycles. The van der Waals surface area contributed by atoms with Crippen molar-refractivity contribution in [3.8, 4) is 0 Å². The summed E-state index contributed by atoms with van der Waals surface area (Å²) < 4.78 is 0. The number of carbonyl (C=O) groups is 3. The lowest BCUT2D eigenvalue weighted by molar-refractivity contribution is -0.144. The van der Waals surface area contributed by atoms with Gasteiger partial charge < -0.3 is 5.11 Å². The molecular weight excluding hydrogens is 292 g/mol. The van der Waals surface area contributed by atoms with Crippen molar-refractivity contribution in [3.63, 3.8) is 0 Å². The molecular formula is C19H14O4. The summed E-state index contributed by atoms with van der Waals surface area (Å²) in [5, 5.41) is 9.13. The van der Waals surface area contributed by atoms with Crippen molar-refractivity contribution in [1.82, 2.24) is 0 Å². The molecule has 0 radical (unpaired) electrons. The zero-order chi connectivity index (χ0) is 16.1. The predicted octanol–water partition coefficient (Wildman–Crippen LogP) is 2.19. The number of carboxylic acid groups (broad SMARTS) is 1. The highest BCUT2D eigenvalue weighted by molar-refractivity contribution is 6.25. The number of ketones is 2. The molecule has 0 bridgehead atoms. The fourth-order valence-corrected chi connectivity index (χ4v) is 3.60. The third-order valence-electron chi connectivity index (χ3n) is 4.77. The maximum atomic E-state index is 12.4. The molecule has 1 atom stereocenters. The van der Waals surface area contributed by atoms with Crippen molar-refractivity contribution >= 4 is 17.5 Å². The quantitative estimate of drug-likeness (QED) is 0.700. The Hall–Kier alpha value is -2.75. The molecule has 4 heteroatoms. The SMILES string of the molecule is O=C(O)C1C(=O)Cc2cc3c(cc2C1=O)Cc1ccccc1C3. The number of fused-ring (bicyclic) bond motifs is 3. The molecule has 0 fully saturated rings. The highest BCUT2D eigenvalue weighted by Crippen LogP contribution is 2.32. The number of carbonyl (C=O) groups excluding carboxylic acids is 2. The van der Waals surface area contributed by atoms with Crippen molar-refractivity contribution in [3.05, 3.63) is 69.8 Å². The highest BCUT2D eigenvalue weighted by atomic mass is 16.4. The number of carboxylic acids is 1. The molecule has 1 unspecified atom stereocenters. The largest absolute Gasteiger partial charge is 0.480 e. The summed E-state index contributed by atoms with van der Waals surface area (Å²) in [5.74, 6) is -4.00. The van der Waals surface area contributed by atoms with Crippen LogP contribution < -0.4 is 0 Å². The molecule has 2 aliphatic rings. The van der Waals surface area contributed by atoms with E-state index in [-0.39, 0.29) is 6.42 Å². The van der Waals surface area contributed by atoms with Gasteiger partial charge in [0.1, 0.15) is 0 Å². The smallest absolute Gasteiger partial charge is 0.322 e. The van der Waals surface area contributed by atoms with E-state index in [0.717, 1.165) is 24.0 Å². The van der Waals surface area contributed by atoms with E-state index >= 15 is 0 Å². The van der Waals surface area contributed by atoms with E-state index in [4.69, 9.17) is 5.11 Å². The van der Waals surface area contributed by atoms with Gasteiger partial charge in [0.25, 0.3) is 0 Å². The van der Waals surface area contributed by atoms with Crippen molar-refractivity contribution in [2.24, 2.45) is 5.92 Å². The van der Waals surface area contributed by atoms with Gasteiger partial charge in [-0.05, 0) is 46.7 Å². The third-order valence-corrected chi connectivity index (χ3v) is 4.77. The number of aliphatic carboxylic acids is 1. The molecule has 23 heavy (non-hydrogen) atoms. The van der Waals surface area contributed by atoms with Gasteiger partial charge in [0.05, 0.1) is 0 Å². The Morgan fingerprint density at radius 3 is 2.09 bits per heavy atom. The van der Waals surface area contributed by atoms with Crippen molar-refractivity contribution in [1.29, 1.82) is 0 Å². The number of hydrogen-bond acceptors (Lipinski definition) is 3. The summed E-state index contributed by atoms with van der Waals surface area (Å²) >= 11 is 0. The Morgan fingerprint density at radius 2 is 1.48 bits per heavy atom. The van der Waals surface area contributed by atoms with Gasteiger partial charge in [0, 0.05) is 12.0 Å². The summed E-state index contributed by atoms with van der Waals surface area (Å²) in [6, 6.07) is 11.9. The molecule has 0 saturated carbocycles. The molecule has 0 aliphatic heterocycles. The van der Waals surface area contributed by atoms with Crippen molar-refractivity contribution < 1.29 is 19.5 Å². The van der Waals surface area contributed by atoms with Crippen molar-refractivity contribution in [2.75, 3.05) is 0 Å². The molecule has 1 N–H and O–H groups in total. The van der Waals surface area contributed by atoms with Crippen LogP contribution in [0.4, 0.5) is 0 Å². The zero-order valence-corrected chi connectivity index (χ0v) is 12.3. The maximum Gasteiger partial charge on any atom is 0.322 e. The first kappa shape index (κ1) is 13.9. The van der Waals surface area contributed by atoms with E-state index in [1.807, 2.05) is 18.2 Å². The van der Waals surface area contributed by atoms with Gasteiger partial charge in [0.15, 0.2) is 17.5 Å². The second kappa shape index (κ2) is 4.88. The minimum atomic E-state index is -1.54. The average Bonchev–Trinajstić information content (AvgIpc) is 2.51. The molecule has 2 aliphatic carbocycles. The minimum absolute atomic E-state index is 0.0208. The second-order valence-corrected chi connectivity index (χ2v) is 6.18. The van der Waals surface area contributed by atoms with Crippen LogP contribution in [0.1, 0.15) is 38.2 Å². The summed E-state index contributed by atoms with van der Waals surface area (Å²) in [6.07, 6.45) is 1.54. The first-order valence-corrected chi connectivity index (χ1v) is 7.56. The van der Waals surface area contributed by atoms with Gasteiger partial charge in [-0.3, -0.25) is 14.4 Å². The second-order valence-electron chi connectivity index (χ2n) is 6.18. The summed E-state index contributed by atoms with van der Waals surface area (Å²) in [6.45, 7) is 0. The van der Waals surface area contributed by atoms with Crippen LogP contribution in [0.3, 0.4) is 0 Å². The minimum Gasteiger partial charge on any atom is -0.480 e. The molecule has 0 saturated heterocycles. The standard InChI is InChI=1S/C19H14O4/c20-16-9-14-7-12-5-10-3-1-2-4-11(10)6-13(12)8-15(14)18(21)17(16)19(22)23/h1-4,7-8,17H,5-6,9H2,(H,22,23). The first-order valence-electron chi connectivity index (χ1n) is 7.56. The van der Waals surface area contributed by atoms with Gasteiger partial charge in [-0.2, -0.15) is 0 Å². The molecule has 114 valence electrons. The van der Waals surface area contributed by atoms with Gasteiger partial charge in [0.2, 0.25) is 0 Å². The lowest BCUT2D eigenvalue weighted by atomic mass is 9.77. The topological polar surface area (TPSA) is 71.4 Å².